The van der Waals surface area contributed by atoms with Crippen LogP contribution in [0.2, 0.25) is 0 Å². The molecule has 2 N–H and O–H groups in total. The Bertz CT molecular complexity index is 619. The molecule has 3 rings (SSSR count). The minimum atomic E-state index is -0.0572. The van der Waals surface area contributed by atoms with E-state index < -0.39 is 0 Å². The van der Waals surface area contributed by atoms with Gasteiger partial charge < -0.3 is 14.8 Å². The van der Waals surface area contributed by atoms with Gasteiger partial charge in [-0.2, -0.15) is 0 Å². The summed E-state index contributed by atoms with van der Waals surface area (Å²) in [6.07, 6.45) is 6.53. The Balaban J connectivity index is 1.68. The molecule has 120 valence electrons. The molecule has 2 aromatic heterocycles. The van der Waals surface area contributed by atoms with Crippen molar-refractivity contribution in [3.05, 3.63) is 35.0 Å². The number of nitrogens with zero attached hydrogens (tertiary/aromatic N) is 3. The van der Waals surface area contributed by atoms with Crippen molar-refractivity contribution < 1.29 is 9.52 Å². The molecule has 1 saturated carbocycles. The summed E-state index contributed by atoms with van der Waals surface area (Å²) in [5.74, 6) is 1.94. The number of hydrogen-bond donors (Lipinski definition) is 2. The number of rotatable bonds is 5. The Kier molecular flexibility index (Phi) is 4.59. The van der Waals surface area contributed by atoms with Crippen molar-refractivity contribution >= 4 is 0 Å². The Morgan fingerprint density at radius 3 is 2.86 bits per heavy atom. The highest BCUT2D eigenvalue weighted by atomic mass is 16.3. The zero-order valence-electron chi connectivity index (χ0n) is 13.2. The first kappa shape index (κ1) is 15.2. The maximum atomic E-state index is 9.16. The number of aliphatic hydroxyl groups is 1. The van der Waals surface area contributed by atoms with Crippen LogP contribution in [0, 0.1) is 13.8 Å². The summed E-state index contributed by atoms with van der Waals surface area (Å²) >= 11 is 0. The first-order valence-corrected chi connectivity index (χ1v) is 7.98. The lowest BCUT2D eigenvalue weighted by Crippen LogP contribution is -2.39. The fraction of sp³-hybridized carbons (Fsp3) is 0.625. The van der Waals surface area contributed by atoms with E-state index >= 15 is 0 Å². The van der Waals surface area contributed by atoms with Gasteiger partial charge in [-0.3, -0.25) is 0 Å². The van der Waals surface area contributed by atoms with Crippen molar-refractivity contribution in [2.24, 2.45) is 0 Å². The zero-order valence-corrected chi connectivity index (χ0v) is 13.2. The summed E-state index contributed by atoms with van der Waals surface area (Å²) in [4.78, 5) is 0. The van der Waals surface area contributed by atoms with Gasteiger partial charge in [0.05, 0.1) is 18.8 Å². The van der Waals surface area contributed by atoms with Crippen LogP contribution in [-0.4, -0.2) is 26.1 Å². The van der Waals surface area contributed by atoms with E-state index in [0.29, 0.717) is 17.8 Å². The quantitative estimate of drug-likeness (QED) is 0.886. The molecule has 0 aliphatic heterocycles. The smallest absolute Gasteiger partial charge is 0.108 e. The fourth-order valence-electron chi connectivity index (χ4n) is 3.31. The van der Waals surface area contributed by atoms with Crippen molar-refractivity contribution in [3.8, 4) is 0 Å². The summed E-state index contributed by atoms with van der Waals surface area (Å²) in [6, 6.07) is 2.77. The van der Waals surface area contributed by atoms with Crippen LogP contribution in [0.4, 0.5) is 0 Å². The van der Waals surface area contributed by atoms with Crippen LogP contribution in [0.5, 0.6) is 0 Å². The molecule has 0 bridgehead atoms. The van der Waals surface area contributed by atoms with Crippen LogP contribution in [0.15, 0.2) is 16.7 Å². The molecule has 1 aliphatic rings. The van der Waals surface area contributed by atoms with Crippen molar-refractivity contribution in [2.45, 2.75) is 64.8 Å². The molecular formula is C16H24N4O2. The van der Waals surface area contributed by atoms with Crippen molar-refractivity contribution in [1.82, 2.24) is 20.3 Å². The summed E-state index contributed by atoms with van der Waals surface area (Å²) < 4.78 is 7.50. The molecule has 2 heterocycles. The number of furan rings is 1. The first-order chi connectivity index (χ1) is 10.7. The molecule has 0 aromatic carbocycles. The molecule has 1 aliphatic carbocycles. The summed E-state index contributed by atoms with van der Waals surface area (Å²) in [5.41, 5.74) is 1.85. The molecule has 0 unspecified atom stereocenters. The Morgan fingerprint density at radius 1 is 1.36 bits per heavy atom. The van der Waals surface area contributed by atoms with Gasteiger partial charge in [0.1, 0.15) is 17.2 Å². The van der Waals surface area contributed by atoms with Crippen LogP contribution >= 0.6 is 0 Å². The lowest BCUT2D eigenvalue weighted by Gasteiger charge is -2.32. The van der Waals surface area contributed by atoms with Crippen LogP contribution in [0.1, 0.15) is 54.5 Å². The molecule has 6 heteroatoms. The highest BCUT2D eigenvalue weighted by molar-refractivity contribution is 5.20. The second kappa shape index (κ2) is 6.62. The third-order valence-electron chi connectivity index (χ3n) is 4.49. The second-order valence-electron chi connectivity index (χ2n) is 6.13. The average Bonchev–Trinajstić information content (AvgIpc) is 3.12. The fourth-order valence-corrected chi connectivity index (χ4v) is 3.31. The minimum Gasteiger partial charge on any atom is -0.466 e. The minimum absolute atomic E-state index is 0.0572. The standard InChI is InChI=1S/C16H24N4O2/c1-11-7-13(12(2)22-11)8-17-15-5-3-4-6-16(15)20-9-14(10-21)18-19-20/h7,9,15-17,21H,3-6,8,10H2,1-2H3/t15-,16+/m0/s1. The Labute approximate surface area is 130 Å². The van der Waals surface area contributed by atoms with E-state index in [1.807, 2.05) is 24.7 Å². The largest absolute Gasteiger partial charge is 0.466 e. The molecule has 0 amide bonds. The van der Waals surface area contributed by atoms with Gasteiger partial charge in [-0.1, -0.05) is 18.1 Å². The van der Waals surface area contributed by atoms with E-state index in [4.69, 9.17) is 9.52 Å². The van der Waals surface area contributed by atoms with E-state index in [9.17, 15) is 0 Å². The Hall–Kier alpha value is -1.66. The third-order valence-corrected chi connectivity index (χ3v) is 4.49. The van der Waals surface area contributed by atoms with Gasteiger partial charge in [0.25, 0.3) is 0 Å². The predicted molar refractivity (Wildman–Crippen MR) is 82.3 cm³/mol. The van der Waals surface area contributed by atoms with Gasteiger partial charge in [0.2, 0.25) is 0 Å². The number of hydrogen-bond acceptors (Lipinski definition) is 5. The highest BCUT2D eigenvalue weighted by Crippen LogP contribution is 2.28. The van der Waals surface area contributed by atoms with Gasteiger partial charge in [-0.05, 0) is 32.8 Å². The van der Waals surface area contributed by atoms with Crippen LogP contribution in [-0.2, 0) is 13.2 Å². The van der Waals surface area contributed by atoms with E-state index in [1.165, 1.54) is 18.4 Å². The average molecular weight is 304 g/mol. The van der Waals surface area contributed by atoms with Gasteiger partial charge in [0, 0.05) is 18.2 Å². The normalized spacial score (nSPS) is 22.1. The van der Waals surface area contributed by atoms with Gasteiger partial charge in [-0.25, -0.2) is 4.68 Å². The number of aromatic nitrogens is 3. The summed E-state index contributed by atoms with van der Waals surface area (Å²) in [6.45, 7) is 4.74. The SMILES string of the molecule is Cc1cc(CN[C@H]2CCCC[C@H]2n2cc(CO)nn2)c(C)o1. The predicted octanol–water partition coefficient (Wildman–Crippen LogP) is 2.25. The number of nitrogens with one attached hydrogen (secondary N) is 1. The van der Waals surface area contributed by atoms with Crippen LogP contribution < -0.4 is 5.32 Å². The molecule has 0 saturated heterocycles. The lowest BCUT2D eigenvalue weighted by molar-refractivity contribution is 0.242. The molecule has 1 fully saturated rings. The zero-order chi connectivity index (χ0) is 15.5. The van der Waals surface area contributed by atoms with Crippen LogP contribution in [0.25, 0.3) is 0 Å². The van der Waals surface area contributed by atoms with Crippen molar-refractivity contribution in [2.75, 3.05) is 0 Å². The summed E-state index contributed by atoms with van der Waals surface area (Å²) in [7, 11) is 0. The van der Waals surface area contributed by atoms with Gasteiger partial charge in [0.15, 0.2) is 0 Å². The molecule has 0 radical (unpaired) electrons. The maximum Gasteiger partial charge on any atom is 0.108 e. The molecule has 6 nitrogen and oxygen atoms in total. The topological polar surface area (TPSA) is 76.1 Å². The van der Waals surface area contributed by atoms with Crippen molar-refractivity contribution in [1.29, 1.82) is 0 Å². The molecule has 0 spiro atoms. The summed E-state index contributed by atoms with van der Waals surface area (Å²) in [5, 5.41) is 21.0. The first-order valence-electron chi connectivity index (χ1n) is 7.98. The highest BCUT2D eigenvalue weighted by Gasteiger charge is 2.27. The van der Waals surface area contributed by atoms with Crippen molar-refractivity contribution in [3.63, 3.8) is 0 Å². The van der Waals surface area contributed by atoms with Crippen LogP contribution in [0.3, 0.4) is 0 Å². The monoisotopic (exact) mass is 304 g/mol. The number of aryl methyl sites for hydroxylation is 2. The lowest BCUT2D eigenvalue weighted by atomic mass is 9.90. The third kappa shape index (κ3) is 3.23. The van der Waals surface area contributed by atoms with Gasteiger partial charge in [-0.15, -0.1) is 5.10 Å². The molecule has 2 aromatic rings. The van der Waals surface area contributed by atoms with E-state index in [0.717, 1.165) is 30.9 Å². The Morgan fingerprint density at radius 2 is 2.18 bits per heavy atom. The van der Waals surface area contributed by atoms with Gasteiger partial charge >= 0.3 is 0 Å². The van der Waals surface area contributed by atoms with E-state index in [1.54, 1.807) is 0 Å². The maximum absolute atomic E-state index is 9.16. The number of aliphatic hydroxyl groups excluding tert-OH is 1. The van der Waals surface area contributed by atoms with E-state index in [-0.39, 0.29) is 6.61 Å². The molecule has 2 atom stereocenters. The molecule has 22 heavy (non-hydrogen) atoms. The second-order valence-corrected chi connectivity index (χ2v) is 6.13. The van der Waals surface area contributed by atoms with E-state index in [2.05, 4.69) is 21.7 Å². The molecular weight excluding hydrogens is 280 g/mol.